The van der Waals surface area contributed by atoms with E-state index in [-0.39, 0.29) is 18.6 Å². The highest BCUT2D eigenvalue weighted by Crippen LogP contribution is 2.41. The fraction of sp³-hybridized carbons (Fsp3) is 0.273. The largest absolute Gasteiger partial charge is 0.300 e. The molecule has 1 aliphatic rings. The minimum absolute atomic E-state index is 0.0554. The zero-order chi connectivity index (χ0) is 11.1. The number of ketones is 1. The van der Waals surface area contributed by atoms with Crippen molar-refractivity contribution in [1.82, 2.24) is 0 Å². The Morgan fingerprint density at radius 2 is 2.13 bits per heavy atom. The van der Waals surface area contributed by atoms with Gasteiger partial charge in [0.2, 0.25) is 0 Å². The van der Waals surface area contributed by atoms with Crippen LogP contribution < -0.4 is 0 Å². The number of rotatable bonds is 1. The van der Waals surface area contributed by atoms with Crippen LogP contribution in [0.2, 0.25) is 0 Å². The molecule has 1 saturated carbocycles. The Bertz CT molecular complexity index is 470. The maximum absolute atomic E-state index is 13.3. The summed E-state index contributed by atoms with van der Waals surface area (Å²) in [7, 11) is 0. The highest BCUT2D eigenvalue weighted by molar-refractivity contribution is 9.10. The Hall–Kier alpha value is -1.21. The van der Waals surface area contributed by atoms with Gasteiger partial charge in [0.05, 0.1) is 16.0 Å². The third-order valence-electron chi connectivity index (χ3n) is 2.68. The molecular formula is C11H7BrFNO. The van der Waals surface area contributed by atoms with Crippen molar-refractivity contribution in [3.05, 3.63) is 34.1 Å². The standard InChI is InChI=1S/C11H7BrFNO/c12-9-2-1-7(3-10(9)13)11(6-14)4-8(15)5-11/h1-3H,4-5H2. The fourth-order valence-corrected chi connectivity index (χ4v) is 2.01. The molecule has 76 valence electrons. The van der Waals surface area contributed by atoms with Crippen molar-refractivity contribution in [2.24, 2.45) is 0 Å². The highest BCUT2D eigenvalue weighted by Gasteiger charge is 2.45. The molecule has 0 N–H and O–H groups in total. The van der Waals surface area contributed by atoms with Crippen LogP contribution in [0.5, 0.6) is 0 Å². The van der Waals surface area contributed by atoms with E-state index in [1.807, 2.05) is 0 Å². The van der Waals surface area contributed by atoms with Crippen LogP contribution >= 0.6 is 15.9 Å². The van der Waals surface area contributed by atoms with Gasteiger partial charge in [0.25, 0.3) is 0 Å². The average Bonchev–Trinajstić information content (AvgIpc) is 2.17. The zero-order valence-corrected chi connectivity index (χ0v) is 9.34. The van der Waals surface area contributed by atoms with E-state index in [0.29, 0.717) is 10.0 Å². The van der Waals surface area contributed by atoms with Crippen LogP contribution in [0.4, 0.5) is 4.39 Å². The third kappa shape index (κ3) is 1.57. The number of hydrogen-bond donors (Lipinski definition) is 0. The van der Waals surface area contributed by atoms with Crippen molar-refractivity contribution in [3.63, 3.8) is 0 Å². The molecule has 1 aromatic rings. The zero-order valence-electron chi connectivity index (χ0n) is 7.76. The molecule has 1 aliphatic carbocycles. The number of carbonyl (C=O) groups excluding carboxylic acids is 1. The van der Waals surface area contributed by atoms with E-state index in [4.69, 9.17) is 5.26 Å². The van der Waals surface area contributed by atoms with Gasteiger partial charge in [-0.2, -0.15) is 5.26 Å². The first-order valence-electron chi connectivity index (χ1n) is 4.46. The number of benzene rings is 1. The van der Waals surface area contributed by atoms with E-state index in [2.05, 4.69) is 22.0 Å². The summed E-state index contributed by atoms with van der Waals surface area (Å²) in [5.74, 6) is -0.346. The van der Waals surface area contributed by atoms with E-state index in [9.17, 15) is 9.18 Å². The maximum atomic E-state index is 13.3. The molecule has 0 aliphatic heterocycles. The number of nitrogens with zero attached hydrogens (tertiary/aromatic N) is 1. The lowest BCUT2D eigenvalue weighted by Gasteiger charge is -2.34. The summed E-state index contributed by atoms with van der Waals surface area (Å²) >= 11 is 3.04. The first-order valence-corrected chi connectivity index (χ1v) is 5.25. The van der Waals surface area contributed by atoms with Gasteiger partial charge in [0.15, 0.2) is 0 Å². The van der Waals surface area contributed by atoms with E-state index in [0.717, 1.165) is 0 Å². The lowest BCUT2D eigenvalue weighted by atomic mass is 9.65. The number of nitriles is 1. The van der Waals surface area contributed by atoms with E-state index >= 15 is 0 Å². The van der Waals surface area contributed by atoms with Gasteiger partial charge < -0.3 is 0 Å². The number of carbonyl (C=O) groups is 1. The molecule has 0 atom stereocenters. The summed E-state index contributed by atoms with van der Waals surface area (Å²) in [6.07, 6.45) is 0.398. The van der Waals surface area contributed by atoms with Crippen LogP contribution in [0, 0.1) is 17.1 Å². The second-order valence-corrected chi connectivity index (χ2v) is 4.57. The fourth-order valence-electron chi connectivity index (χ4n) is 1.76. The lowest BCUT2D eigenvalue weighted by molar-refractivity contribution is -0.126. The molecule has 0 amide bonds. The molecule has 0 radical (unpaired) electrons. The van der Waals surface area contributed by atoms with Crippen LogP contribution in [0.3, 0.4) is 0 Å². The van der Waals surface area contributed by atoms with Crippen LogP contribution in [-0.2, 0) is 10.2 Å². The van der Waals surface area contributed by atoms with E-state index < -0.39 is 11.2 Å². The summed E-state index contributed by atoms with van der Waals surface area (Å²) in [5, 5.41) is 9.03. The highest BCUT2D eigenvalue weighted by atomic mass is 79.9. The normalized spacial score (nSPS) is 18.1. The number of halogens is 2. The van der Waals surface area contributed by atoms with Crippen molar-refractivity contribution >= 4 is 21.7 Å². The smallest absolute Gasteiger partial charge is 0.137 e. The summed E-state index contributed by atoms with van der Waals surface area (Å²) in [5.41, 5.74) is -0.205. The monoisotopic (exact) mass is 267 g/mol. The van der Waals surface area contributed by atoms with Crippen molar-refractivity contribution in [2.45, 2.75) is 18.3 Å². The Morgan fingerprint density at radius 1 is 1.47 bits per heavy atom. The molecule has 15 heavy (non-hydrogen) atoms. The van der Waals surface area contributed by atoms with Crippen molar-refractivity contribution in [3.8, 4) is 6.07 Å². The van der Waals surface area contributed by atoms with Crippen molar-refractivity contribution < 1.29 is 9.18 Å². The summed E-state index contributed by atoms with van der Waals surface area (Å²) < 4.78 is 13.6. The predicted octanol–water partition coefficient (Wildman–Crippen LogP) is 2.71. The minimum atomic E-state index is -0.793. The molecule has 0 aromatic heterocycles. The maximum Gasteiger partial charge on any atom is 0.137 e. The lowest BCUT2D eigenvalue weighted by Crippen LogP contribution is -2.40. The van der Waals surface area contributed by atoms with Crippen molar-refractivity contribution in [1.29, 1.82) is 5.26 Å². The molecule has 0 bridgehead atoms. The van der Waals surface area contributed by atoms with Gasteiger partial charge in [-0.25, -0.2) is 4.39 Å². The SMILES string of the molecule is N#CC1(c2ccc(Br)c(F)c2)CC(=O)C1. The molecule has 0 unspecified atom stereocenters. The molecule has 2 rings (SSSR count). The molecular weight excluding hydrogens is 261 g/mol. The van der Waals surface area contributed by atoms with Crippen LogP contribution in [-0.4, -0.2) is 5.78 Å². The molecule has 0 heterocycles. The van der Waals surface area contributed by atoms with Crippen LogP contribution in [0.1, 0.15) is 18.4 Å². The minimum Gasteiger partial charge on any atom is -0.300 e. The van der Waals surface area contributed by atoms with Gasteiger partial charge in [-0.3, -0.25) is 4.79 Å². The molecule has 1 fully saturated rings. The van der Waals surface area contributed by atoms with Crippen molar-refractivity contribution in [2.75, 3.05) is 0 Å². The molecule has 0 spiro atoms. The van der Waals surface area contributed by atoms with Gasteiger partial charge in [-0.15, -0.1) is 0 Å². The van der Waals surface area contributed by atoms with E-state index in [1.54, 1.807) is 12.1 Å². The Labute approximate surface area is 94.8 Å². The van der Waals surface area contributed by atoms with Crippen LogP contribution in [0.15, 0.2) is 22.7 Å². The summed E-state index contributed by atoms with van der Waals surface area (Å²) in [6, 6.07) is 6.67. The van der Waals surface area contributed by atoms with Gasteiger partial charge in [-0.1, -0.05) is 6.07 Å². The van der Waals surface area contributed by atoms with Gasteiger partial charge in [0, 0.05) is 12.8 Å². The third-order valence-corrected chi connectivity index (χ3v) is 3.33. The van der Waals surface area contributed by atoms with Gasteiger partial charge in [-0.05, 0) is 33.6 Å². The molecule has 0 saturated heterocycles. The molecule has 4 heteroatoms. The summed E-state index contributed by atoms with van der Waals surface area (Å²) in [6.45, 7) is 0. The summed E-state index contributed by atoms with van der Waals surface area (Å²) in [4.78, 5) is 10.9. The topological polar surface area (TPSA) is 40.9 Å². The Morgan fingerprint density at radius 3 is 2.60 bits per heavy atom. The van der Waals surface area contributed by atoms with Crippen LogP contribution in [0.25, 0.3) is 0 Å². The second kappa shape index (κ2) is 3.42. The Balaban J connectivity index is 2.42. The average molecular weight is 268 g/mol. The molecule has 1 aromatic carbocycles. The second-order valence-electron chi connectivity index (χ2n) is 3.72. The Kier molecular flexibility index (Phi) is 2.35. The number of hydrogen-bond acceptors (Lipinski definition) is 2. The molecule has 2 nitrogen and oxygen atoms in total. The van der Waals surface area contributed by atoms with E-state index in [1.165, 1.54) is 6.07 Å². The van der Waals surface area contributed by atoms with Gasteiger partial charge >= 0.3 is 0 Å². The van der Waals surface area contributed by atoms with Gasteiger partial charge in [0.1, 0.15) is 11.6 Å². The number of Topliss-reactive ketones (excluding diaryl/α,β-unsaturated/α-hetero) is 1. The predicted molar refractivity (Wildman–Crippen MR) is 55.6 cm³/mol. The first kappa shape index (κ1) is 10.3. The first-order chi connectivity index (χ1) is 7.07. The quantitative estimate of drug-likeness (QED) is 0.785.